The van der Waals surface area contributed by atoms with Crippen LogP contribution in [0.25, 0.3) is 0 Å². The Bertz CT molecular complexity index is 203. The molecule has 0 spiro atoms. The van der Waals surface area contributed by atoms with Crippen molar-refractivity contribution in [2.45, 2.75) is 39.2 Å². The molecule has 0 radical (unpaired) electrons. The van der Waals surface area contributed by atoms with Crippen LogP contribution in [0.1, 0.15) is 33.6 Å². The van der Waals surface area contributed by atoms with Gasteiger partial charge < -0.3 is 9.47 Å². The molecule has 0 aliphatic carbocycles. The number of ether oxygens (including phenoxy) is 2. The molecule has 0 heterocycles. The molecule has 0 N–H and O–H groups in total. The van der Waals surface area contributed by atoms with E-state index >= 15 is 0 Å². The molecule has 82 valence electrons. The number of hydrogen-bond acceptors (Lipinski definition) is 4. The molecule has 0 bridgehead atoms. The molecule has 0 unspecified atom stereocenters. The molecule has 0 aromatic rings. The van der Waals surface area contributed by atoms with Crippen LogP contribution in [-0.2, 0) is 19.1 Å². The van der Waals surface area contributed by atoms with Crippen LogP contribution in [0.15, 0.2) is 0 Å². The summed E-state index contributed by atoms with van der Waals surface area (Å²) in [6.45, 7) is 5.67. The Morgan fingerprint density at radius 1 is 1.21 bits per heavy atom. The molecule has 0 aromatic heterocycles. The topological polar surface area (TPSA) is 52.6 Å². The minimum Gasteiger partial charge on any atom is -0.454 e. The molecule has 4 nitrogen and oxygen atoms in total. The quantitative estimate of drug-likeness (QED) is 0.383. The smallest absolute Gasteiger partial charge is 0.375 e. The largest absolute Gasteiger partial charge is 0.454 e. The number of methoxy groups -OCH3 is 1. The van der Waals surface area contributed by atoms with Crippen molar-refractivity contribution in [1.82, 2.24) is 0 Å². The van der Waals surface area contributed by atoms with E-state index in [0.29, 0.717) is 13.0 Å². The van der Waals surface area contributed by atoms with Gasteiger partial charge in [0.1, 0.15) is 5.60 Å². The molecule has 0 rings (SSSR count). The first kappa shape index (κ1) is 13.1. The maximum atomic E-state index is 11.2. The predicted octanol–water partition coefficient (Wildman–Crippen LogP) is 1.32. The van der Waals surface area contributed by atoms with Gasteiger partial charge in [0.2, 0.25) is 5.78 Å². The lowest BCUT2D eigenvalue weighted by Crippen LogP contribution is -2.28. The van der Waals surface area contributed by atoms with Crippen LogP contribution in [0, 0.1) is 0 Å². The number of carbonyl (C=O) groups is 2. The third-order valence-corrected chi connectivity index (χ3v) is 1.38. The molecule has 14 heavy (non-hydrogen) atoms. The van der Waals surface area contributed by atoms with Crippen molar-refractivity contribution in [1.29, 1.82) is 0 Å². The van der Waals surface area contributed by atoms with Gasteiger partial charge in [-0.3, -0.25) is 4.79 Å². The van der Waals surface area contributed by atoms with Crippen LogP contribution in [0.2, 0.25) is 0 Å². The third kappa shape index (κ3) is 6.60. The second-order valence-corrected chi connectivity index (χ2v) is 4.02. The van der Waals surface area contributed by atoms with E-state index in [1.165, 1.54) is 0 Å². The molecule has 0 saturated heterocycles. The minimum absolute atomic E-state index is 0.183. The van der Waals surface area contributed by atoms with Gasteiger partial charge in [0, 0.05) is 20.1 Å². The summed E-state index contributed by atoms with van der Waals surface area (Å²) in [6.07, 6.45) is 0.733. The second-order valence-electron chi connectivity index (χ2n) is 4.02. The summed E-state index contributed by atoms with van der Waals surface area (Å²) >= 11 is 0. The van der Waals surface area contributed by atoms with Crippen LogP contribution in [0.5, 0.6) is 0 Å². The first-order valence-electron chi connectivity index (χ1n) is 4.62. The lowest BCUT2D eigenvalue weighted by Gasteiger charge is -2.18. The highest BCUT2D eigenvalue weighted by Gasteiger charge is 2.21. The van der Waals surface area contributed by atoms with Crippen LogP contribution >= 0.6 is 0 Å². The first-order chi connectivity index (χ1) is 6.37. The SMILES string of the molecule is COCCCC(=O)C(=O)OC(C)(C)C. The highest BCUT2D eigenvalue weighted by Crippen LogP contribution is 2.08. The second kappa shape index (κ2) is 5.75. The zero-order valence-electron chi connectivity index (χ0n) is 9.25. The molecule has 0 atom stereocenters. The van der Waals surface area contributed by atoms with E-state index in [1.54, 1.807) is 27.9 Å². The van der Waals surface area contributed by atoms with Gasteiger partial charge in [-0.2, -0.15) is 0 Å². The van der Waals surface area contributed by atoms with Crippen molar-refractivity contribution in [3.05, 3.63) is 0 Å². The van der Waals surface area contributed by atoms with Crippen molar-refractivity contribution < 1.29 is 19.1 Å². The molecule has 0 saturated carbocycles. The van der Waals surface area contributed by atoms with Crippen molar-refractivity contribution >= 4 is 11.8 Å². The lowest BCUT2D eigenvalue weighted by atomic mass is 10.2. The monoisotopic (exact) mass is 202 g/mol. The van der Waals surface area contributed by atoms with Gasteiger partial charge >= 0.3 is 5.97 Å². The van der Waals surface area contributed by atoms with Crippen LogP contribution in [0.3, 0.4) is 0 Å². The number of esters is 1. The number of Topliss-reactive ketones (excluding diaryl/α,β-unsaturated/α-hetero) is 1. The van der Waals surface area contributed by atoms with E-state index in [9.17, 15) is 9.59 Å². The Morgan fingerprint density at radius 2 is 1.79 bits per heavy atom. The molecule has 0 aliphatic rings. The average molecular weight is 202 g/mol. The fourth-order valence-corrected chi connectivity index (χ4v) is 0.814. The van der Waals surface area contributed by atoms with E-state index in [2.05, 4.69) is 0 Å². The highest BCUT2D eigenvalue weighted by atomic mass is 16.6. The third-order valence-electron chi connectivity index (χ3n) is 1.38. The fourth-order valence-electron chi connectivity index (χ4n) is 0.814. The Kier molecular flexibility index (Phi) is 5.38. The predicted molar refractivity (Wildman–Crippen MR) is 52.0 cm³/mol. The highest BCUT2D eigenvalue weighted by molar-refractivity contribution is 6.33. The van der Waals surface area contributed by atoms with Crippen LogP contribution in [0.4, 0.5) is 0 Å². The zero-order valence-corrected chi connectivity index (χ0v) is 9.25. The minimum atomic E-state index is -0.756. The van der Waals surface area contributed by atoms with Crippen molar-refractivity contribution in [3.8, 4) is 0 Å². The summed E-state index contributed by atoms with van der Waals surface area (Å²) in [5.74, 6) is -1.24. The van der Waals surface area contributed by atoms with Gasteiger partial charge in [-0.1, -0.05) is 0 Å². The summed E-state index contributed by atoms with van der Waals surface area (Å²) in [7, 11) is 1.55. The van der Waals surface area contributed by atoms with Crippen molar-refractivity contribution in [2.75, 3.05) is 13.7 Å². The van der Waals surface area contributed by atoms with Gasteiger partial charge in [0.05, 0.1) is 0 Å². The van der Waals surface area contributed by atoms with E-state index in [-0.39, 0.29) is 6.42 Å². The Labute approximate surface area is 84.6 Å². The Morgan fingerprint density at radius 3 is 2.21 bits per heavy atom. The summed E-state index contributed by atoms with van der Waals surface area (Å²) in [4.78, 5) is 22.3. The number of ketones is 1. The van der Waals surface area contributed by atoms with E-state index in [1.807, 2.05) is 0 Å². The number of rotatable bonds is 5. The summed E-state index contributed by atoms with van der Waals surface area (Å²) in [6, 6.07) is 0. The Hall–Kier alpha value is -0.900. The van der Waals surface area contributed by atoms with Crippen LogP contribution in [-0.4, -0.2) is 31.1 Å². The molecular weight excluding hydrogens is 184 g/mol. The zero-order chi connectivity index (χ0) is 11.2. The van der Waals surface area contributed by atoms with Gasteiger partial charge in [-0.15, -0.1) is 0 Å². The molecule has 0 amide bonds. The molecule has 4 heteroatoms. The van der Waals surface area contributed by atoms with Gasteiger partial charge in [-0.25, -0.2) is 4.79 Å². The molecule has 0 fully saturated rings. The maximum Gasteiger partial charge on any atom is 0.375 e. The first-order valence-corrected chi connectivity index (χ1v) is 4.62. The van der Waals surface area contributed by atoms with E-state index < -0.39 is 17.4 Å². The fraction of sp³-hybridized carbons (Fsp3) is 0.800. The summed E-state index contributed by atoms with van der Waals surface area (Å²) in [5, 5.41) is 0. The molecule has 0 aromatic carbocycles. The maximum absolute atomic E-state index is 11.2. The van der Waals surface area contributed by atoms with Crippen LogP contribution < -0.4 is 0 Å². The number of hydrogen-bond donors (Lipinski definition) is 0. The van der Waals surface area contributed by atoms with Gasteiger partial charge in [0.25, 0.3) is 0 Å². The molecular formula is C10H18O4. The summed E-state index contributed by atoms with van der Waals surface area (Å²) in [5.41, 5.74) is -0.603. The standard InChI is InChI=1S/C10H18O4/c1-10(2,3)14-9(12)8(11)6-5-7-13-4/h5-7H2,1-4H3. The summed E-state index contributed by atoms with van der Waals surface area (Å²) < 4.78 is 9.67. The molecule has 0 aliphatic heterocycles. The van der Waals surface area contributed by atoms with Gasteiger partial charge in [0.15, 0.2) is 0 Å². The average Bonchev–Trinajstić information content (AvgIpc) is 2.01. The lowest BCUT2D eigenvalue weighted by molar-refractivity contribution is -0.162. The van der Waals surface area contributed by atoms with Gasteiger partial charge in [-0.05, 0) is 27.2 Å². The van der Waals surface area contributed by atoms with Crippen molar-refractivity contribution in [2.24, 2.45) is 0 Å². The number of carbonyl (C=O) groups excluding carboxylic acids is 2. The van der Waals surface area contributed by atoms with E-state index in [4.69, 9.17) is 9.47 Å². The Balaban J connectivity index is 3.83. The van der Waals surface area contributed by atoms with Crippen molar-refractivity contribution in [3.63, 3.8) is 0 Å². The van der Waals surface area contributed by atoms with E-state index in [0.717, 1.165) is 0 Å². The normalized spacial score (nSPS) is 11.1.